The van der Waals surface area contributed by atoms with Crippen molar-refractivity contribution in [3.8, 4) is 44.5 Å². The second-order valence-electron chi connectivity index (χ2n) is 27.0. The molecule has 0 amide bonds. The number of rotatable bonds is 44. The Balaban J connectivity index is 0.909. The number of benzene rings is 8. The summed E-state index contributed by atoms with van der Waals surface area (Å²) in [4.78, 5) is 55.2. The van der Waals surface area contributed by atoms with Crippen LogP contribution in [0.15, 0.2) is 194 Å². The molecule has 0 radical (unpaired) electrons. The molecule has 8 aromatic carbocycles. The minimum atomic E-state index is -1.39. The second-order valence-corrected chi connectivity index (χ2v) is 27.0. The number of ether oxygens (including phenoxy) is 4. The molecular formula is C89H108O8. The lowest BCUT2D eigenvalue weighted by Crippen LogP contribution is -2.44. The van der Waals surface area contributed by atoms with Crippen LogP contribution in [0.3, 0.4) is 0 Å². The smallest absolute Gasteiger partial charge is 0.305 e. The van der Waals surface area contributed by atoms with Crippen molar-refractivity contribution in [2.75, 3.05) is 26.4 Å². The van der Waals surface area contributed by atoms with Gasteiger partial charge in [-0.3, -0.25) is 19.2 Å². The zero-order valence-corrected chi connectivity index (χ0v) is 58.9. The van der Waals surface area contributed by atoms with E-state index in [1.165, 1.54) is 122 Å². The van der Waals surface area contributed by atoms with Crippen molar-refractivity contribution in [1.82, 2.24) is 0 Å². The van der Waals surface area contributed by atoms with Gasteiger partial charge in [-0.25, -0.2) is 0 Å². The summed E-state index contributed by atoms with van der Waals surface area (Å²) in [6.45, 7) is 7.69. The molecule has 0 aliphatic heterocycles. The van der Waals surface area contributed by atoms with Crippen LogP contribution in [0.25, 0.3) is 44.5 Å². The first-order valence-corrected chi connectivity index (χ1v) is 36.8. The van der Waals surface area contributed by atoms with Crippen molar-refractivity contribution >= 4 is 23.9 Å². The average Bonchev–Trinajstić information content (AvgIpc) is 2.23. The molecule has 0 aliphatic carbocycles. The quantitative estimate of drug-likeness (QED) is 0.0211. The molecule has 97 heavy (non-hydrogen) atoms. The van der Waals surface area contributed by atoms with Gasteiger partial charge in [0.1, 0.15) is 31.8 Å². The van der Waals surface area contributed by atoms with Crippen LogP contribution < -0.4 is 0 Å². The number of hydrogen-bond donors (Lipinski definition) is 0. The molecule has 0 bridgehead atoms. The monoisotopic (exact) mass is 1300 g/mol. The van der Waals surface area contributed by atoms with E-state index in [9.17, 15) is 19.2 Å². The topological polar surface area (TPSA) is 105 Å². The lowest BCUT2D eigenvalue weighted by molar-refractivity contribution is -0.170. The van der Waals surface area contributed by atoms with Gasteiger partial charge in [-0.05, 0) is 192 Å². The molecule has 0 aromatic heterocycles. The maximum absolute atomic E-state index is 13.8. The highest BCUT2D eigenvalue weighted by Crippen LogP contribution is 2.29. The fourth-order valence-corrected chi connectivity index (χ4v) is 12.4. The van der Waals surface area contributed by atoms with E-state index < -0.39 is 29.3 Å². The molecule has 8 aromatic rings. The van der Waals surface area contributed by atoms with Gasteiger partial charge in [0.05, 0.1) is 0 Å². The maximum Gasteiger partial charge on any atom is 0.305 e. The van der Waals surface area contributed by atoms with Crippen molar-refractivity contribution in [3.63, 3.8) is 0 Å². The molecule has 0 aliphatic rings. The standard InChI is InChI=1S/C89H108O8/c1-5-9-13-21-69-33-49-77(50-34-69)81-57-41-73(42-58-81)25-17-29-85(90)94-65-89(66-95-86(91)30-18-26-74-43-59-82(60-44-74)78-51-35-70(36-52-78)22-14-10-6-2,67-96-87(92)31-19-27-75-45-61-83(62-46-75)79-53-37-71(38-54-79)23-15-11-7-3)68-97-88(93)32-20-28-76-47-63-84(64-48-76)80-55-39-72(40-56-80)24-16-12-8-4/h33-64H,5-32,65-68H2,1-4H3. The molecule has 8 heteroatoms. The number of carbonyl (C=O) groups is 4. The van der Waals surface area contributed by atoms with Gasteiger partial charge in [-0.15, -0.1) is 0 Å². The Kier molecular flexibility index (Phi) is 32.0. The largest absolute Gasteiger partial charge is 0.465 e. The van der Waals surface area contributed by atoms with Crippen molar-refractivity contribution in [2.45, 2.75) is 207 Å². The summed E-state index contributed by atoms with van der Waals surface area (Å²) < 4.78 is 24.3. The van der Waals surface area contributed by atoms with Gasteiger partial charge in [0, 0.05) is 25.7 Å². The van der Waals surface area contributed by atoms with Gasteiger partial charge in [-0.2, -0.15) is 0 Å². The summed E-state index contributed by atoms with van der Waals surface area (Å²) in [5.74, 6) is -1.81. The van der Waals surface area contributed by atoms with Crippen molar-refractivity contribution < 1.29 is 38.1 Å². The SMILES string of the molecule is CCCCCc1ccc(-c2ccc(CCCC(=O)OCC(COC(=O)CCCc3ccc(-c4ccc(CCCCC)cc4)cc3)(COC(=O)CCCc3ccc(-c4ccc(CCCCC)cc4)cc3)COC(=O)CCCc3ccc(-c4ccc(CCCCC)cc4)cc3)cc2)cc1. The van der Waals surface area contributed by atoms with Gasteiger partial charge < -0.3 is 18.9 Å². The normalized spacial score (nSPS) is 11.3. The number of esters is 4. The van der Waals surface area contributed by atoms with Crippen molar-refractivity contribution in [3.05, 3.63) is 239 Å². The molecule has 0 unspecified atom stereocenters. The van der Waals surface area contributed by atoms with E-state index in [1.807, 2.05) is 0 Å². The van der Waals surface area contributed by atoms with Crippen LogP contribution in [-0.4, -0.2) is 50.3 Å². The molecular weight excluding hydrogens is 1200 g/mol. The summed E-state index contributed by atoms with van der Waals surface area (Å²) in [6.07, 6.45) is 24.3. The predicted molar refractivity (Wildman–Crippen MR) is 398 cm³/mol. The molecule has 0 heterocycles. The maximum atomic E-state index is 13.8. The molecule has 512 valence electrons. The Morgan fingerprint density at radius 2 is 0.361 bits per heavy atom. The van der Waals surface area contributed by atoms with E-state index in [0.717, 1.165) is 70.2 Å². The Morgan fingerprint density at radius 1 is 0.216 bits per heavy atom. The van der Waals surface area contributed by atoms with E-state index in [0.29, 0.717) is 51.4 Å². The number of hydrogen-bond acceptors (Lipinski definition) is 8. The van der Waals surface area contributed by atoms with Gasteiger partial charge >= 0.3 is 23.9 Å². The fourth-order valence-electron chi connectivity index (χ4n) is 12.4. The van der Waals surface area contributed by atoms with Gasteiger partial charge in [-0.1, -0.05) is 273 Å². The third-order valence-electron chi connectivity index (χ3n) is 18.8. The van der Waals surface area contributed by atoms with Crippen LogP contribution in [-0.2, 0) is 89.5 Å². The highest BCUT2D eigenvalue weighted by molar-refractivity contribution is 5.72. The van der Waals surface area contributed by atoms with Crippen LogP contribution in [0.1, 0.15) is 201 Å². The molecule has 8 rings (SSSR count). The Morgan fingerprint density at radius 3 is 0.505 bits per heavy atom. The highest BCUT2D eigenvalue weighted by atomic mass is 16.6. The van der Waals surface area contributed by atoms with Crippen LogP contribution in [0.2, 0.25) is 0 Å². The van der Waals surface area contributed by atoms with Crippen molar-refractivity contribution in [2.24, 2.45) is 5.41 Å². The van der Waals surface area contributed by atoms with Gasteiger partial charge in [0.25, 0.3) is 0 Å². The minimum Gasteiger partial charge on any atom is -0.465 e. The number of carbonyl (C=O) groups excluding carboxylic acids is 4. The second kappa shape index (κ2) is 41.7. The Hall–Kier alpha value is -8.36. The van der Waals surface area contributed by atoms with Crippen LogP contribution in [0.5, 0.6) is 0 Å². The first kappa shape index (κ1) is 74.4. The third-order valence-corrected chi connectivity index (χ3v) is 18.8. The summed E-state index contributed by atoms with van der Waals surface area (Å²) >= 11 is 0. The average molecular weight is 1310 g/mol. The number of aryl methyl sites for hydroxylation is 8. The molecule has 0 fully saturated rings. The molecule has 0 saturated heterocycles. The van der Waals surface area contributed by atoms with E-state index in [4.69, 9.17) is 18.9 Å². The zero-order chi connectivity index (χ0) is 68.1. The van der Waals surface area contributed by atoms with Gasteiger partial charge in [0.15, 0.2) is 0 Å². The number of unbranched alkanes of at least 4 members (excludes halogenated alkanes) is 8. The fraction of sp³-hybridized carbons (Fsp3) is 0.416. The molecule has 0 atom stereocenters. The molecule has 0 N–H and O–H groups in total. The van der Waals surface area contributed by atoms with E-state index in [1.54, 1.807) is 0 Å². The van der Waals surface area contributed by atoms with E-state index in [2.05, 4.69) is 222 Å². The summed E-state index contributed by atoms with van der Waals surface area (Å²) in [5.41, 5.74) is 17.7. The third kappa shape index (κ3) is 26.5. The van der Waals surface area contributed by atoms with E-state index in [-0.39, 0.29) is 52.1 Å². The zero-order valence-electron chi connectivity index (χ0n) is 58.9. The van der Waals surface area contributed by atoms with Crippen LogP contribution >= 0.6 is 0 Å². The van der Waals surface area contributed by atoms with Crippen LogP contribution in [0, 0.1) is 5.41 Å². The van der Waals surface area contributed by atoms with Crippen molar-refractivity contribution in [1.29, 1.82) is 0 Å². The minimum absolute atomic E-state index is 0.127. The van der Waals surface area contributed by atoms with E-state index >= 15 is 0 Å². The summed E-state index contributed by atoms with van der Waals surface area (Å²) in [6, 6.07) is 69.3. The Bertz CT molecular complexity index is 3070. The first-order chi connectivity index (χ1) is 47.5. The van der Waals surface area contributed by atoms with Crippen LogP contribution in [0.4, 0.5) is 0 Å². The lowest BCUT2D eigenvalue weighted by Gasteiger charge is -2.31. The summed E-state index contributed by atoms with van der Waals surface area (Å²) in [5, 5.41) is 0. The first-order valence-electron chi connectivity index (χ1n) is 36.8. The molecule has 0 saturated carbocycles. The molecule has 0 spiro atoms. The predicted octanol–water partition coefficient (Wildman–Crippen LogP) is 21.8. The Labute approximate surface area is 581 Å². The lowest BCUT2D eigenvalue weighted by atomic mass is 9.92. The van der Waals surface area contributed by atoms with Gasteiger partial charge in [0.2, 0.25) is 0 Å². The highest BCUT2D eigenvalue weighted by Gasteiger charge is 2.38. The summed E-state index contributed by atoms with van der Waals surface area (Å²) in [7, 11) is 0. The molecule has 8 nitrogen and oxygen atoms in total.